The second kappa shape index (κ2) is 4.45. The van der Waals surface area contributed by atoms with E-state index in [1.807, 2.05) is 6.07 Å². The van der Waals surface area contributed by atoms with E-state index in [1.165, 1.54) is 4.88 Å². The highest BCUT2D eigenvalue weighted by molar-refractivity contribution is 7.12. The van der Waals surface area contributed by atoms with Crippen molar-refractivity contribution in [2.75, 3.05) is 0 Å². The lowest BCUT2D eigenvalue weighted by atomic mass is 10.1. The van der Waals surface area contributed by atoms with Crippen molar-refractivity contribution in [3.63, 3.8) is 0 Å². The van der Waals surface area contributed by atoms with Crippen LogP contribution >= 0.6 is 11.3 Å². The van der Waals surface area contributed by atoms with Gasteiger partial charge in [0.15, 0.2) is 5.78 Å². The Morgan fingerprint density at radius 3 is 2.73 bits per heavy atom. The number of hydrogen-bond donors (Lipinski definition) is 1. The number of aryl methyl sites for hydroxylation is 1. The summed E-state index contributed by atoms with van der Waals surface area (Å²) in [6, 6.07) is 4.07. The maximum Gasteiger partial charge on any atom is 0.166 e. The molecule has 1 saturated carbocycles. The second-order valence-electron chi connectivity index (χ2n) is 4.15. The molecular weight excluding hydrogens is 208 g/mol. The van der Waals surface area contributed by atoms with Crippen molar-refractivity contribution in [2.45, 2.75) is 38.7 Å². The predicted molar refractivity (Wildman–Crippen MR) is 61.1 cm³/mol. The average Bonchev–Trinajstić information content (AvgIpc) is 2.98. The Bertz CT molecular complexity index is 352. The van der Waals surface area contributed by atoms with E-state index in [0.717, 1.165) is 24.1 Å². The van der Waals surface area contributed by atoms with Crippen LogP contribution in [0.4, 0.5) is 0 Å². The third-order valence-corrected chi connectivity index (χ3v) is 4.04. The largest absolute Gasteiger partial charge is 0.385 e. The van der Waals surface area contributed by atoms with Crippen molar-refractivity contribution in [1.29, 1.82) is 0 Å². The fourth-order valence-corrected chi connectivity index (χ4v) is 2.63. The molecule has 0 aliphatic heterocycles. The van der Waals surface area contributed by atoms with Gasteiger partial charge in [0, 0.05) is 16.2 Å². The van der Waals surface area contributed by atoms with Crippen LogP contribution in [0.1, 0.15) is 29.5 Å². The Labute approximate surface area is 93.9 Å². The lowest BCUT2D eigenvalue weighted by Crippen LogP contribution is -2.23. The Morgan fingerprint density at radius 2 is 2.20 bits per heavy atom. The van der Waals surface area contributed by atoms with Crippen LogP contribution in [0.2, 0.25) is 0 Å². The van der Waals surface area contributed by atoms with E-state index in [2.05, 4.69) is 13.0 Å². The summed E-state index contributed by atoms with van der Waals surface area (Å²) in [7, 11) is 0. The zero-order chi connectivity index (χ0) is 10.8. The van der Waals surface area contributed by atoms with Gasteiger partial charge in [0.05, 0.1) is 0 Å². The fraction of sp³-hybridized carbons (Fsp3) is 0.583. The molecule has 0 bridgehead atoms. The molecule has 1 unspecified atom stereocenters. The molecular formula is C12H16O2S. The minimum atomic E-state index is -0.711. The maximum absolute atomic E-state index is 11.6. The molecule has 15 heavy (non-hydrogen) atoms. The lowest BCUT2D eigenvalue weighted by molar-refractivity contribution is -0.127. The summed E-state index contributed by atoms with van der Waals surface area (Å²) in [6.45, 7) is 2.11. The number of Topliss-reactive ketones (excluding diaryl/α,β-unsaturated/α-hetero) is 1. The van der Waals surface area contributed by atoms with Crippen LogP contribution in [-0.4, -0.2) is 17.0 Å². The highest BCUT2D eigenvalue weighted by Crippen LogP contribution is 2.33. The molecule has 0 saturated heterocycles. The zero-order valence-corrected chi connectivity index (χ0v) is 9.72. The van der Waals surface area contributed by atoms with Crippen molar-refractivity contribution in [3.05, 3.63) is 21.9 Å². The molecule has 1 fully saturated rings. The third-order valence-electron chi connectivity index (χ3n) is 2.81. The number of carbonyl (C=O) groups excluding carboxylic acids is 1. The van der Waals surface area contributed by atoms with Crippen LogP contribution in [0.3, 0.4) is 0 Å². The smallest absolute Gasteiger partial charge is 0.166 e. The SMILES string of the molecule is CCc1ccc(CC(=O)C(O)C2CC2)s1. The Morgan fingerprint density at radius 1 is 1.53 bits per heavy atom. The molecule has 0 amide bonds. The summed E-state index contributed by atoms with van der Waals surface area (Å²) in [4.78, 5) is 14.0. The molecule has 0 radical (unpaired) electrons. The molecule has 1 heterocycles. The van der Waals surface area contributed by atoms with Crippen molar-refractivity contribution in [3.8, 4) is 0 Å². The topological polar surface area (TPSA) is 37.3 Å². The quantitative estimate of drug-likeness (QED) is 0.832. The summed E-state index contributed by atoms with van der Waals surface area (Å²) < 4.78 is 0. The van der Waals surface area contributed by atoms with Crippen LogP contribution in [-0.2, 0) is 17.6 Å². The normalized spacial score (nSPS) is 17.7. The number of thiophene rings is 1. The number of ketones is 1. The van der Waals surface area contributed by atoms with Gasteiger partial charge in [0.25, 0.3) is 0 Å². The zero-order valence-electron chi connectivity index (χ0n) is 8.90. The van der Waals surface area contributed by atoms with E-state index >= 15 is 0 Å². The summed E-state index contributed by atoms with van der Waals surface area (Å²) >= 11 is 1.68. The highest BCUT2D eigenvalue weighted by Gasteiger charge is 2.34. The lowest BCUT2D eigenvalue weighted by Gasteiger charge is -2.06. The van der Waals surface area contributed by atoms with Crippen molar-refractivity contribution in [2.24, 2.45) is 5.92 Å². The van der Waals surface area contributed by atoms with E-state index in [1.54, 1.807) is 11.3 Å². The molecule has 0 spiro atoms. The molecule has 1 N–H and O–H groups in total. The van der Waals surface area contributed by atoms with Crippen LogP contribution in [0.25, 0.3) is 0 Å². The highest BCUT2D eigenvalue weighted by atomic mass is 32.1. The first-order valence-electron chi connectivity index (χ1n) is 5.49. The molecule has 1 aromatic rings. The van der Waals surface area contributed by atoms with E-state index in [0.29, 0.717) is 6.42 Å². The van der Waals surface area contributed by atoms with Crippen molar-refractivity contribution < 1.29 is 9.90 Å². The van der Waals surface area contributed by atoms with Gasteiger partial charge < -0.3 is 5.11 Å². The molecule has 1 aliphatic rings. The Balaban J connectivity index is 1.92. The third kappa shape index (κ3) is 2.67. The summed E-state index contributed by atoms with van der Waals surface area (Å²) in [6.07, 6.45) is 2.73. The molecule has 82 valence electrons. The predicted octanol–water partition coefficient (Wildman–Crippen LogP) is 2.19. The number of aliphatic hydroxyl groups is 1. The number of hydrogen-bond acceptors (Lipinski definition) is 3. The Kier molecular flexibility index (Phi) is 3.22. The first-order chi connectivity index (χ1) is 7.20. The molecule has 1 aromatic heterocycles. The van der Waals surface area contributed by atoms with Gasteiger partial charge in [-0.05, 0) is 37.3 Å². The summed E-state index contributed by atoms with van der Waals surface area (Å²) in [5.74, 6) is 0.241. The molecule has 1 aliphatic carbocycles. The molecule has 2 nitrogen and oxygen atoms in total. The first-order valence-corrected chi connectivity index (χ1v) is 6.30. The van der Waals surface area contributed by atoms with Crippen LogP contribution in [0.15, 0.2) is 12.1 Å². The van der Waals surface area contributed by atoms with Crippen LogP contribution < -0.4 is 0 Å². The van der Waals surface area contributed by atoms with Gasteiger partial charge >= 0.3 is 0 Å². The van der Waals surface area contributed by atoms with Gasteiger partial charge in [-0.15, -0.1) is 11.3 Å². The minimum absolute atomic E-state index is 0.0120. The van der Waals surface area contributed by atoms with Crippen molar-refractivity contribution >= 4 is 17.1 Å². The maximum atomic E-state index is 11.6. The fourth-order valence-electron chi connectivity index (χ4n) is 1.66. The second-order valence-corrected chi connectivity index (χ2v) is 5.40. The molecule has 2 rings (SSSR count). The van der Waals surface area contributed by atoms with E-state index in [4.69, 9.17) is 0 Å². The summed E-state index contributed by atoms with van der Waals surface area (Å²) in [5, 5.41) is 9.64. The average molecular weight is 224 g/mol. The van der Waals surface area contributed by atoms with Gasteiger partial charge in [-0.1, -0.05) is 6.92 Å². The monoisotopic (exact) mass is 224 g/mol. The number of carbonyl (C=O) groups is 1. The van der Waals surface area contributed by atoms with E-state index in [-0.39, 0.29) is 11.7 Å². The first kappa shape index (κ1) is 10.8. The molecule has 1 atom stereocenters. The number of rotatable bonds is 5. The van der Waals surface area contributed by atoms with Crippen LogP contribution in [0.5, 0.6) is 0 Å². The van der Waals surface area contributed by atoms with E-state index < -0.39 is 6.10 Å². The molecule has 3 heteroatoms. The Hall–Kier alpha value is -0.670. The van der Waals surface area contributed by atoms with Crippen LogP contribution in [0, 0.1) is 5.92 Å². The van der Waals surface area contributed by atoms with Gasteiger partial charge in [-0.3, -0.25) is 4.79 Å². The molecule has 0 aromatic carbocycles. The van der Waals surface area contributed by atoms with Gasteiger partial charge in [0.2, 0.25) is 0 Å². The minimum Gasteiger partial charge on any atom is -0.385 e. The van der Waals surface area contributed by atoms with Crippen molar-refractivity contribution in [1.82, 2.24) is 0 Å². The van der Waals surface area contributed by atoms with E-state index in [9.17, 15) is 9.90 Å². The van der Waals surface area contributed by atoms with Gasteiger partial charge in [0.1, 0.15) is 6.10 Å². The standard InChI is InChI=1S/C12H16O2S/c1-2-9-5-6-10(15-9)7-11(13)12(14)8-3-4-8/h5-6,8,12,14H,2-4,7H2,1H3. The van der Waals surface area contributed by atoms with Gasteiger partial charge in [-0.25, -0.2) is 0 Å². The summed E-state index contributed by atoms with van der Waals surface area (Å²) in [5.41, 5.74) is 0. The number of aliphatic hydroxyl groups excluding tert-OH is 1. The van der Waals surface area contributed by atoms with Gasteiger partial charge in [-0.2, -0.15) is 0 Å².